The zero-order valence-electron chi connectivity index (χ0n) is 10.4. The molecule has 0 atom stereocenters. The first-order chi connectivity index (χ1) is 9.65. The average molecular weight is 331 g/mol. The summed E-state index contributed by atoms with van der Waals surface area (Å²) < 4.78 is 0.821. The summed E-state index contributed by atoms with van der Waals surface area (Å²) in [5, 5.41) is 10.5. The highest BCUT2D eigenvalue weighted by molar-refractivity contribution is 9.12. The van der Waals surface area contributed by atoms with Crippen molar-refractivity contribution in [1.29, 1.82) is 0 Å². The largest absolute Gasteiger partial charge is 0.269 e. The summed E-state index contributed by atoms with van der Waals surface area (Å²) in [5.74, 6) is 0. The van der Waals surface area contributed by atoms with E-state index in [-0.39, 0.29) is 5.69 Å². The van der Waals surface area contributed by atoms with Crippen LogP contribution in [0.5, 0.6) is 0 Å². The first kappa shape index (κ1) is 14.1. The minimum atomic E-state index is -0.432. The number of benzene rings is 2. The van der Waals surface area contributed by atoms with E-state index in [1.54, 1.807) is 18.3 Å². The summed E-state index contributed by atoms with van der Waals surface area (Å²) in [6.45, 7) is 0. The Morgan fingerprint density at radius 1 is 1.10 bits per heavy atom. The number of hydrogen-bond donors (Lipinski definition) is 0. The lowest BCUT2D eigenvalue weighted by Crippen LogP contribution is -1.85. The van der Waals surface area contributed by atoms with E-state index in [4.69, 9.17) is 0 Å². The molecule has 0 unspecified atom stereocenters. The van der Waals surface area contributed by atoms with Crippen molar-refractivity contribution >= 4 is 39.6 Å². The van der Waals surface area contributed by atoms with Crippen LogP contribution in [-0.2, 0) is 0 Å². The van der Waals surface area contributed by atoms with Crippen LogP contribution in [0.1, 0.15) is 5.56 Å². The molecule has 2 rings (SSSR count). The molecule has 0 saturated heterocycles. The van der Waals surface area contributed by atoms with E-state index in [0.717, 1.165) is 10.0 Å². The topological polar surface area (TPSA) is 55.5 Å². The third-order valence-corrected chi connectivity index (χ3v) is 2.94. The number of allylic oxidation sites excluding steroid dienone is 1. The quantitative estimate of drug-likeness (QED) is 0.462. The number of nitro groups is 1. The molecule has 100 valence electrons. The van der Waals surface area contributed by atoms with Crippen molar-refractivity contribution in [3.8, 4) is 0 Å². The van der Waals surface area contributed by atoms with Gasteiger partial charge in [-0.25, -0.2) is 0 Å². The van der Waals surface area contributed by atoms with Gasteiger partial charge in [-0.05, 0) is 39.7 Å². The number of nitrogens with zero attached hydrogens (tertiary/aromatic N) is 2. The predicted molar refractivity (Wildman–Crippen MR) is 84.6 cm³/mol. The van der Waals surface area contributed by atoms with E-state index in [1.165, 1.54) is 12.1 Å². The van der Waals surface area contributed by atoms with E-state index < -0.39 is 4.92 Å². The second-order valence-electron chi connectivity index (χ2n) is 3.97. The van der Waals surface area contributed by atoms with Crippen LogP contribution in [0.4, 0.5) is 11.4 Å². The summed E-state index contributed by atoms with van der Waals surface area (Å²) in [4.78, 5) is 14.3. The van der Waals surface area contributed by atoms with Crippen molar-refractivity contribution in [3.05, 3.63) is 74.8 Å². The molecule has 0 aromatic heterocycles. The molecule has 0 amide bonds. The summed E-state index contributed by atoms with van der Waals surface area (Å²) in [6, 6.07) is 15.9. The van der Waals surface area contributed by atoms with Gasteiger partial charge in [0.2, 0.25) is 0 Å². The van der Waals surface area contributed by atoms with Crippen LogP contribution < -0.4 is 0 Å². The highest BCUT2D eigenvalue weighted by Crippen LogP contribution is 2.18. The predicted octanol–water partition coefficient (Wildman–Crippen LogP) is 4.73. The molecule has 0 saturated carbocycles. The van der Waals surface area contributed by atoms with Crippen molar-refractivity contribution in [1.82, 2.24) is 0 Å². The molecule has 20 heavy (non-hydrogen) atoms. The van der Waals surface area contributed by atoms with Crippen LogP contribution in [-0.4, -0.2) is 11.1 Å². The Hall–Kier alpha value is -2.27. The molecule has 0 radical (unpaired) electrons. The van der Waals surface area contributed by atoms with Gasteiger partial charge in [-0.1, -0.05) is 30.3 Å². The number of nitro benzene ring substituents is 1. The SMILES string of the molecule is O=[N+]([O-])c1ccc(N=C/C(Br)=C/c2ccccc2)cc1. The molecule has 0 bridgehead atoms. The molecular formula is C15H11BrN2O2. The van der Waals surface area contributed by atoms with Crippen LogP contribution in [0.15, 0.2) is 64.1 Å². The van der Waals surface area contributed by atoms with Gasteiger partial charge >= 0.3 is 0 Å². The Morgan fingerprint density at radius 3 is 2.35 bits per heavy atom. The van der Waals surface area contributed by atoms with Crippen molar-refractivity contribution in [2.45, 2.75) is 0 Å². The monoisotopic (exact) mass is 330 g/mol. The maximum absolute atomic E-state index is 10.5. The van der Waals surface area contributed by atoms with Gasteiger partial charge < -0.3 is 0 Å². The van der Waals surface area contributed by atoms with Crippen LogP contribution in [0.25, 0.3) is 6.08 Å². The van der Waals surface area contributed by atoms with E-state index in [1.807, 2.05) is 36.4 Å². The third-order valence-electron chi connectivity index (χ3n) is 2.50. The molecule has 0 N–H and O–H groups in total. The number of halogens is 1. The van der Waals surface area contributed by atoms with Gasteiger partial charge in [-0.15, -0.1) is 0 Å². The normalized spacial score (nSPS) is 11.8. The molecular weight excluding hydrogens is 320 g/mol. The average Bonchev–Trinajstić information content (AvgIpc) is 2.46. The van der Waals surface area contributed by atoms with Crippen molar-refractivity contribution in [2.24, 2.45) is 4.99 Å². The molecule has 2 aromatic rings. The lowest BCUT2D eigenvalue weighted by molar-refractivity contribution is -0.384. The molecule has 0 fully saturated rings. The number of rotatable bonds is 4. The van der Waals surface area contributed by atoms with Crippen molar-refractivity contribution < 1.29 is 4.92 Å². The second kappa shape index (κ2) is 6.77. The number of aliphatic imine (C=N–C) groups is 1. The summed E-state index contributed by atoms with van der Waals surface area (Å²) >= 11 is 3.41. The zero-order chi connectivity index (χ0) is 14.4. The fourth-order valence-corrected chi connectivity index (χ4v) is 1.91. The molecule has 0 aliphatic carbocycles. The van der Waals surface area contributed by atoms with E-state index in [9.17, 15) is 10.1 Å². The Morgan fingerprint density at radius 2 is 1.75 bits per heavy atom. The molecule has 0 aliphatic heterocycles. The molecule has 0 aliphatic rings. The van der Waals surface area contributed by atoms with Gasteiger partial charge in [0.1, 0.15) is 0 Å². The highest BCUT2D eigenvalue weighted by atomic mass is 79.9. The fraction of sp³-hybridized carbons (Fsp3) is 0. The van der Waals surface area contributed by atoms with Crippen LogP contribution in [0.3, 0.4) is 0 Å². The maximum atomic E-state index is 10.5. The standard InChI is InChI=1S/C15H11BrN2O2/c16-13(10-12-4-2-1-3-5-12)11-17-14-6-8-15(9-7-14)18(19)20/h1-11H/b13-10-,17-11?. The van der Waals surface area contributed by atoms with E-state index in [2.05, 4.69) is 20.9 Å². The fourth-order valence-electron chi connectivity index (χ4n) is 1.54. The minimum absolute atomic E-state index is 0.0582. The number of hydrogen-bond acceptors (Lipinski definition) is 3. The molecule has 0 spiro atoms. The van der Waals surface area contributed by atoms with E-state index in [0.29, 0.717) is 5.69 Å². The first-order valence-corrected chi connectivity index (χ1v) is 6.65. The summed E-state index contributed by atoms with van der Waals surface area (Å²) in [7, 11) is 0. The van der Waals surface area contributed by atoms with Gasteiger partial charge in [-0.3, -0.25) is 15.1 Å². The smallest absolute Gasteiger partial charge is 0.258 e. The lowest BCUT2D eigenvalue weighted by Gasteiger charge is -1.95. The van der Waals surface area contributed by atoms with Gasteiger partial charge in [0, 0.05) is 22.8 Å². The number of non-ortho nitro benzene ring substituents is 1. The Bertz CT molecular complexity index is 649. The molecule has 0 heterocycles. The Balaban J connectivity index is 2.09. The highest BCUT2D eigenvalue weighted by Gasteiger charge is 2.02. The van der Waals surface area contributed by atoms with Crippen molar-refractivity contribution in [2.75, 3.05) is 0 Å². The van der Waals surface area contributed by atoms with Gasteiger partial charge in [0.25, 0.3) is 5.69 Å². The molecule has 5 heteroatoms. The zero-order valence-corrected chi connectivity index (χ0v) is 12.0. The first-order valence-electron chi connectivity index (χ1n) is 5.86. The van der Waals surface area contributed by atoms with Gasteiger partial charge in [0.15, 0.2) is 0 Å². The summed E-state index contributed by atoms with van der Waals surface area (Å²) in [6.07, 6.45) is 3.60. The second-order valence-corrected chi connectivity index (χ2v) is 4.89. The van der Waals surface area contributed by atoms with Crippen LogP contribution >= 0.6 is 15.9 Å². The summed E-state index contributed by atoms with van der Waals surface area (Å²) in [5.41, 5.74) is 1.78. The van der Waals surface area contributed by atoms with Crippen LogP contribution in [0, 0.1) is 10.1 Å². The lowest BCUT2D eigenvalue weighted by atomic mass is 10.2. The van der Waals surface area contributed by atoms with Gasteiger partial charge in [-0.2, -0.15) is 0 Å². The Kier molecular flexibility index (Phi) is 4.79. The Labute approximate surface area is 124 Å². The van der Waals surface area contributed by atoms with Gasteiger partial charge in [0.05, 0.1) is 10.6 Å². The van der Waals surface area contributed by atoms with Crippen molar-refractivity contribution in [3.63, 3.8) is 0 Å². The molecule has 2 aromatic carbocycles. The molecule has 4 nitrogen and oxygen atoms in total. The van der Waals surface area contributed by atoms with E-state index >= 15 is 0 Å². The van der Waals surface area contributed by atoms with Crippen LogP contribution in [0.2, 0.25) is 0 Å². The maximum Gasteiger partial charge on any atom is 0.269 e. The minimum Gasteiger partial charge on any atom is -0.258 e. The third kappa shape index (κ3) is 4.13.